The quantitative estimate of drug-likeness (QED) is 0.106. The van der Waals surface area contributed by atoms with Crippen LogP contribution in [0.4, 0.5) is 11.5 Å². The number of anilines is 2. The standard InChI is InChI=1S/C34H34ClN7O4S/c1-19-22(5-3-6-23(19)25-11-9-20(34(41-25)46-2)15-36-16-21-10-12-28(43)39-21)24-7-4-8-26(31(24)35)40-33-32-27(13-14-38-33)47-29(42-32)17-37-18-30(44)45/h3-9,11,13-14,21,36-37H,10,12,15-18H2,1-2H3,(H,38,40)(H,39,43)(H,44,45)/t21-/m1/s1. The number of aromatic nitrogens is 3. The van der Waals surface area contributed by atoms with E-state index in [4.69, 9.17) is 31.4 Å². The molecule has 0 bridgehead atoms. The number of methoxy groups -OCH3 is 1. The van der Waals surface area contributed by atoms with Crippen molar-refractivity contribution < 1.29 is 19.4 Å². The predicted molar refractivity (Wildman–Crippen MR) is 184 cm³/mol. The van der Waals surface area contributed by atoms with E-state index < -0.39 is 5.97 Å². The number of halogens is 1. The zero-order valence-electron chi connectivity index (χ0n) is 25.9. The smallest absolute Gasteiger partial charge is 0.317 e. The maximum absolute atomic E-state index is 11.5. The molecule has 0 aliphatic carbocycles. The molecule has 11 nitrogen and oxygen atoms in total. The Bertz CT molecular complexity index is 1950. The van der Waals surface area contributed by atoms with E-state index in [0.717, 1.165) is 49.6 Å². The first-order chi connectivity index (χ1) is 22.8. The van der Waals surface area contributed by atoms with Crippen molar-refractivity contribution in [1.82, 2.24) is 30.9 Å². The number of fused-ring (bicyclic) bond motifs is 1. The van der Waals surface area contributed by atoms with Crippen LogP contribution < -0.4 is 26.0 Å². The van der Waals surface area contributed by atoms with Crippen molar-refractivity contribution in [2.75, 3.05) is 25.5 Å². The van der Waals surface area contributed by atoms with E-state index >= 15 is 0 Å². The number of rotatable bonds is 13. The van der Waals surface area contributed by atoms with Gasteiger partial charge in [-0.3, -0.25) is 9.59 Å². The molecule has 5 aromatic rings. The molecule has 0 radical (unpaired) electrons. The van der Waals surface area contributed by atoms with E-state index in [1.165, 1.54) is 11.3 Å². The molecule has 13 heteroatoms. The van der Waals surface area contributed by atoms with Gasteiger partial charge in [0, 0.05) is 55.0 Å². The van der Waals surface area contributed by atoms with E-state index in [-0.39, 0.29) is 18.5 Å². The molecular weight excluding hydrogens is 638 g/mol. The lowest BCUT2D eigenvalue weighted by Gasteiger charge is -2.17. The number of aliphatic carboxylic acids is 1. The van der Waals surface area contributed by atoms with Gasteiger partial charge in [-0.05, 0) is 42.7 Å². The average molecular weight is 672 g/mol. The minimum atomic E-state index is -0.920. The Hall–Kier alpha value is -4.62. The molecule has 1 aliphatic heterocycles. The number of benzene rings is 2. The predicted octanol–water partition coefficient (Wildman–Crippen LogP) is 5.68. The van der Waals surface area contributed by atoms with Crippen molar-refractivity contribution in [2.24, 2.45) is 0 Å². The van der Waals surface area contributed by atoms with Crippen LogP contribution in [0.1, 0.15) is 29.0 Å². The molecule has 5 N–H and O–H groups in total. The van der Waals surface area contributed by atoms with Crippen molar-refractivity contribution >= 4 is 56.5 Å². The number of carboxylic acids is 1. The Morgan fingerprint density at radius 1 is 1.06 bits per heavy atom. The number of hydrogen-bond donors (Lipinski definition) is 5. The highest BCUT2D eigenvalue weighted by molar-refractivity contribution is 7.18. The fraction of sp³-hybridized carbons (Fsp3) is 0.265. The lowest BCUT2D eigenvalue weighted by atomic mass is 9.94. The van der Waals surface area contributed by atoms with Gasteiger partial charge in [0.15, 0.2) is 5.82 Å². The van der Waals surface area contributed by atoms with Crippen LogP contribution in [0.3, 0.4) is 0 Å². The van der Waals surface area contributed by atoms with Gasteiger partial charge in [0.25, 0.3) is 0 Å². The monoisotopic (exact) mass is 671 g/mol. The molecule has 47 heavy (non-hydrogen) atoms. The van der Waals surface area contributed by atoms with Crippen molar-refractivity contribution in [3.05, 3.63) is 82.0 Å². The molecule has 242 valence electrons. The van der Waals surface area contributed by atoms with Crippen molar-refractivity contribution in [2.45, 2.75) is 38.9 Å². The fourth-order valence-corrected chi connectivity index (χ4v) is 6.86. The Kier molecular flexibility index (Phi) is 9.92. The maximum atomic E-state index is 11.5. The van der Waals surface area contributed by atoms with Gasteiger partial charge >= 0.3 is 5.97 Å². The number of pyridine rings is 2. The third-order valence-corrected chi connectivity index (χ3v) is 9.41. The lowest BCUT2D eigenvalue weighted by molar-refractivity contribution is -0.136. The zero-order chi connectivity index (χ0) is 32.9. The highest BCUT2D eigenvalue weighted by Gasteiger charge is 2.21. The molecule has 1 amide bonds. The second-order valence-corrected chi connectivity index (χ2v) is 12.7. The third-order valence-electron chi connectivity index (χ3n) is 7.98. The number of carbonyl (C=O) groups excluding carboxylic acids is 1. The summed E-state index contributed by atoms with van der Waals surface area (Å²) < 4.78 is 6.59. The average Bonchev–Trinajstić information content (AvgIpc) is 3.68. The van der Waals surface area contributed by atoms with E-state index in [9.17, 15) is 9.59 Å². The Morgan fingerprint density at radius 2 is 1.87 bits per heavy atom. The van der Waals surface area contributed by atoms with Crippen LogP contribution in [0.2, 0.25) is 5.02 Å². The normalized spacial score (nSPS) is 14.4. The maximum Gasteiger partial charge on any atom is 0.317 e. The zero-order valence-corrected chi connectivity index (χ0v) is 27.5. The second-order valence-electron chi connectivity index (χ2n) is 11.2. The molecule has 1 saturated heterocycles. The SMILES string of the molecule is COc1nc(-c2cccc(-c3cccc(Nc4nccc5sc(CNCC(=O)O)nc45)c3Cl)c2C)ccc1CNC[C@H]1CCC(=O)N1. The highest BCUT2D eigenvalue weighted by atomic mass is 35.5. The van der Waals surface area contributed by atoms with Gasteiger partial charge in [0.2, 0.25) is 11.8 Å². The molecule has 2 aromatic carbocycles. The van der Waals surface area contributed by atoms with Crippen LogP contribution in [0.15, 0.2) is 60.8 Å². The van der Waals surface area contributed by atoms with E-state index in [2.05, 4.69) is 33.2 Å². The van der Waals surface area contributed by atoms with Gasteiger partial charge in [-0.2, -0.15) is 0 Å². The molecular formula is C34H34ClN7O4S. The summed E-state index contributed by atoms with van der Waals surface area (Å²) in [5, 5.41) is 22.8. The number of thiazole rings is 1. The topological polar surface area (TPSA) is 150 Å². The minimum absolute atomic E-state index is 0.104. The number of hydrogen-bond acceptors (Lipinski definition) is 10. The lowest BCUT2D eigenvalue weighted by Crippen LogP contribution is -2.35. The van der Waals surface area contributed by atoms with Crippen molar-refractivity contribution in [3.8, 4) is 28.3 Å². The van der Waals surface area contributed by atoms with Crippen molar-refractivity contribution in [1.29, 1.82) is 0 Å². The summed E-state index contributed by atoms with van der Waals surface area (Å²) in [4.78, 5) is 36.4. The summed E-state index contributed by atoms with van der Waals surface area (Å²) in [5.74, 6) is 0.290. The molecule has 3 aromatic heterocycles. The molecule has 0 unspecified atom stereocenters. The number of carbonyl (C=O) groups is 2. The molecule has 0 spiro atoms. The van der Waals surface area contributed by atoms with E-state index in [1.807, 2.05) is 54.6 Å². The number of nitrogens with one attached hydrogen (secondary N) is 4. The fourth-order valence-electron chi connectivity index (χ4n) is 5.66. The van der Waals surface area contributed by atoms with Gasteiger partial charge < -0.3 is 31.1 Å². The highest BCUT2D eigenvalue weighted by Crippen LogP contribution is 2.40. The molecule has 6 rings (SSSR count). The summed E-state index contributed by atoms with van der Waals surface area (Å²) in [6.07, 6.45) is 3.13. The second kappa shape index (κ2) is 14.4. The molecule has 4 heterocycles. The van der Waals surface area contributed by atoms with Crippen LogP contribution >= 0.6 is 22.9 Å². The van der Waals surface area contributed by atoms with Gasteiger partial charge in [-0.25, -0.2) is 15.0 Å². The van der Waals surface area contributed by atoms with Crippen LogP contribution in [0.5, 0.6) is 5.88 Å². The Balaban J connectivity index is 1.23. The van der Waals surface area contributed by atoms with Crippen LogP contribution in [0.25, 0.3) is 32.6 Å². The number of amides is 1. The molecule has 0 saturated carbocycles. The van der Waals surface area contributed by atoms with Gasteiger partial charge in [-0.15, -0.1) is 11.3 Å². The van der Waals surface area contributed by atoms with Crippen LogP contribution in [-0.2, 0) is 22.7 Å². The minimum Gasteiger partial charge on any atom is -0.481 e. The van der Waals surface area contributed by atoms with Gasteiger partial charge in [0.1, 0.15) is 10.5 Å². The molecule has 1 atom stereocenters. The van der Waals surface area contributed by atoms with E-state index in [1.54, 1.807) is 13.3 Å². The van der Waals surface area contributed by atoms with Gasteiger partial charge in [-0.1, -0.05) is 48.0 Å². The Morgan fingerprint density at radius 3 is 2.66 bits per heavy atom. The third kappa shape index (κ3) is 7.36. The first kappa shape index (κ1) is 32.3. The number of ether oxygens (including phenoxy) is 1. The largest absolute Gasteiger partial charge is 0.481 e. The van der Waals surface area contributed by atoms with E-state index in [0.29, 0.717) is 54.0 Å². The number of nitrogens with zero attached hydrogens (tertiary/aromatic N) is 3. The molecule has 1 aliphatic rings. The number of carboxylic acid groups (broad SMARTS) is 1. The Labute approximate surface area is 280 Å². The molecule has 1 fully saturated rings. The summed E-state index contributed by atoms with van der Waals surface area (Å²) in [7, 11) is 1.62. The van der Waals surface area contributed by atoms with Crippen molar-refractivity contribution in [3.63, 3.8) is 0 Å². The van der Waals surface area contributed by atoms with Gasteiger partial charge in [0.05, 0.1) is 34.8 Å². The first-order valence-electron chi connectivity index (χ1n) is 15.2. The summed E-state index contributed by atoms with van der Waals surface area (Å²) >= 11 is 8.53. The first-order valence-corrected chi connectivity index (χ1v) is 16.4. The summed E-state index contributed by atoms with van der Waals surface area (Å²) in [6.45, 7) is 3.52. The van der Waals surface area contributed by atoms with Crippen LogP contribution in [0, 0.1) is 6.92 Å². The summed E-state index contributed by atoms with van der Waals surface area (Å²) in [5.41, 5.74) is 6.88. The van der Waals surface area contributed by atoms with Crippen LogP contribution in [-0.4, -0.2) is 58.2 Å². The summed E-state index contributed by atoms with van der Waals surface area (Å²) in [6, 6.07) is 17.9.